The number of nitrogens with one attached hydrogen (secondary N) is 1. The molecule has 3 amide bonds. The lowest BCUT2D eigenvalue weighted by atomic mass is 10.00. The van der Waals surface area contributed by atoms with Gasteiger partial charge in [0.25, 0.3) is 0 Å². The number of carbonyl (C=O) groups excluding carboxylic acids is 3. The Bertz CT molecular complexity index is 505. The van der Waals surface area contributed by atoms with Gasteiger partial charge in [0.05, 0.1) is 6.61 Å². The summed E-state index contributed by atoms with van der Waals surface area (Å²) in [6.07, 6.45) is 4.18. The van der Waals surface area contributed by atoms with Gasteiger partial charge >= 0.3 is 6.09 Å². The molecule has 1 N–H and O–H groups in total. The van der Waals surface area contributed by atoms with Crippen LogP contribution in [0, 0.1) is 5.41 Å². The number of amides is 3. The Kier molecular flexibility index (Phi) is 7.29. The molecule has 0 atom stereocenters. The Morgan fingerprint density at radius 3 is 2.12 bits per heavy atom. The molecule has 1 aliphatic heterocycles. The monoisotopic (exact) mass is 367 g/mol. The number of carbonyl (C=O) groups is 3. The fourth-order valence-corrected chi connectivity index (χ4v) is 3.57. The first-order valence-corrected chi connectivity index (χ1v) is 10.0. The van der Waals surface area contributed by atoms with Gasteiger partial charge in [-0.3, -0.25) is 9.59 Å². The van der Waals surface area contributed by atoms with E-state index >= 15 is 0 Å². The first-order chi connectivity index (χ1) is 12.5. The summed E-state index contributed by atoms with van der Waals surface area (Å²) in [4.78, 5) is 41.0. The minimum Gasteiger partial charge on any atom is -0.450 e. The van der Waals surface area contributed by atoms with E-state index in [0.29, 0.717) is 58.5 Å². The first-order valence-electron chi connectivity index (χ1n) is 10.0. The Labute approximate surface area is 156 Å². The predicted molar refractivity (Wildman–Crippen MR) is 98.6 cm³/mol. The first kappa shape index (κ1) is 20.5. The van der Waals surface area contributed by atoms with Gasteiger partial charge in [0, 0.05) is 32.2 Å². The van der Waals surface area contributed by atoms with E-state index in [1.807, 2.05) is 18.7 Å². The third-order valence-electron chi connectivity index (χ3n) is 5.22. The van der Waals surface area contributed by atoms with Crippen LogP contribution in [0.3, 0.4) is 0 Å². The molecule has 148 valence electrons. The number of hydrogen-bond donors (Lipinski definition) is 1. The smallest absolute Gasteiger partial charge is 0.409 e. The maximum absolute atomic E-state index is 12.9. The zero-order chi connectivity index (χ0) is 19.2. The molecule has 2 fully saturated rings. The lowest BCUT2D eigenvalue weighted by Gasteiger charge is -2.33. The number of likely N-dealkylation sites (tertiary alicyclic amines) is 1. The highest BCUT2D eigenvalue weighted by Crippen LogP contribution is 2.47. The average Bonchev–Trinajstić information content (AvgIpc) is 3.44. The van der Waals surface area contributed by atoms with Crippen molar-refractivity contribution in [3.05, 3.63) is 0 Å². The normalized spacial score (nSPS) is 19.0. The maximum atomic E-state index is 12.9. The van der Waals surface area contributed by atoms with Gasteiger partial charge in [0.2, 0.25) is 11.8 Å². The van der Waals surface area contributed by atoms with Gasteiger partial charge in [0.15, 0.2) is 0 Å². The fourth-order valence-electron chi connectivity index (χ4n) is 3.57. The molecule has 2 rings (SSSR count). The zero-order valence-electron chi connectivity index (χ0n) is 16.4. The predicted octanol–water partition coefficient (Wildman–Crippen LogP) is 2.15. The van der Waals surface area contributed by atoms with E-state index in [9.17, 15) is 14.4 Å². The number of hydrogen-bond acceptors (Lipinski definition) is 4. The van der Waals surface area contributed by atoms with Crippen molar-refractivity contribution in [1.82, 2.24) is 15.1 Å². The van der Waals surface area contributed by atoms with E-state index in [2.05, 4.69) is 5.32 Å². The van der Waals surface area contributed by atoms with E-state index < -0.39 is 5.41 Å². The number of nitrogens with zero attached hydrogens (tertiary/aromatic N) is 2. The standard InChI is InChI=1S/C19H33N3O4/c1-4-11-21(12-5-2)17(24)19(9-10-19)16(23)20-15-7-13-22(14-8-15)18(25)26-6-3/h15H,4-14H2,1-3H3,(H,20,23). The van der Waals surface area contributed by atoms with E-state index in [1.54, 1.807) is 11.8 Å². The van der Waals surface area contributed by atoms with Gasteiger partial charge in [-0.1, -0.05) is 13.8 Å². The summed E-state index contributed by atoms with van der Waals surface area (Å²) in [5.74, 6) is -0.142. The minimum atomic E-state index is -0.845. The summed E-state index contributed by atoms with van der Waals surface area (Å²) in [5, 5.41) is 3.07. The summed E-state index contributed by atoms with van der Waals surface area (Å²) in [7, 11) is 0. The number of piperidine rings is 1. The molecule has 0 radical (unpaired) electrons. The minimum absolute atomic E-state index is 0.0114. The summed E-state index contributed by atoms with van der Waals surface area (Å²) in [6, 6.07) is 0.0178. The lowest BCUT2D eigenvalue weighted by Crippen LogP contribution is -2.51. The molecule has 0 spiro atoms. The van der Waals surface area contributed by atoms with Crippen LogP contribution in [-0.4, -0.2) is 66.5 Å². The van der Waals surface area contributed by atoms with Gasteiger partial charge in [0.1, 0.15) is 5.41 Å². The van der Waals surface area contributed by atoms with Crippen molar-refractivity contribution in [3.63, 3.8) is 0 Å². The molecule has 0 bridgehead atoms. The number of ether oxygens (including phenoxy) is 1. The summed E-state index contributed by atoms with van der Waals surface area (Å²) in [5.41, 5.74) is -0.845. The van der Waals surface area contributed by atoms with Gasteiger partial charge in [-0.2, -0.15) is 0 Å². The van der Waals surface area contributed by atoms with Crippen LogP contribution in [0.4, 0.5) is 4.79 Å². The van der Waals surface area contributed by atoms with Crippen LogP contribution < -0.4 is 5.32 Å². The highest BCUT2D eigenvalue weighted by Gasteiger charge is 2.58. The second-order valence-electron chi connectivity index (χ2n) is 7.31. The van der Waals surface area contributed by atoms with Crippen LogP contribution in [0.1, 0.15) is 59.3 Å². The van der Waals surface area contributed by atoms with Gasteiger partial charge < -0.3 is 19.9 Å². The summed E-state index contributed by atoms with van der Waals surface area (Å²) in [6.45, 7) is 8.81. The van der Waals surface area contributed by atoms with Crippen molar-refractivity contribution in [1.29, 1.82) is 0 Å². The molecule has 7 nitrogen and oxygen atoms in total. The highest BCUT2D eigenvalue weighted by molar-refractivity contribution is 6.08. The SMILES string of the molecule is CCCN(CCC)C(=O)C1(C(=O)NC2CCN(C(=O)OCC)CC2)CC1. The maximum Gasteiger partial charge on any atom is 0.409 e. The summed E-state index contributed by atoms with van der Waals surface area (Å²) >= 11 is 0. The van der Waals surface area contributed by atoms with Crippen LogP contribution >= 0.6 is 0 Å². The van der Waals surface area contributed by atoms with Crippen molar-refractivity contribution >= 4 is 17.9 Å². The third kappa shape index (κ3) is 4.68. The highest BCUT2D eigenvalue weighted by atomic mass is 16.6. The Hall–Kier alpha value is -1.79. The topological polar surface area (TPSA) is 79.0 Å². The Morgan fingerprint density at radius 1 is 1.08 bits per heavy atom. The second kappa shape index (κ2) is 9.24. The molecule has 1 saturated heterocycles. The fraction of sp³-hybridized carbons (Fsp3) is 0.842. The average molecular weight is 367 g/mol. The van der Waals surface area contributed by atoms with E-state index in [4.69, 9.17) is 4.74 Å². The lowest BCUT2D eigenvalue weighted by molar-refractivity contribution is -0.144. The van der Waals surface area contributed by atoms with Crippen molar-refractivity contribution in [3.8, 4) is 0 Å². The van der Waals surface area contributed by atoms with Crippen LogP contribution in [0.15, 0.2) is 0 Å². The van der Waals surface area contributed by atoms with Crippen molar-refractivity contribution < 1.29 is 19.1 Å². The van der Waals surface area contributed by atoms with Crippen LogP contribution in [0.5, 0.6) is 0 Å². The van der Waals surface area contributed by atoms with Gasteiger partial charge in [-0.05, 0) is 45.4 Å². The molecular weight excluding hydrogens is 334 g/mol. The molecule has 0 aromatic carbocycles. The molecular formula is C19H33N3O4. The Balaban J connectivity index is 1.87. The largest absolute Gasteiger partial charge is 0.450 e. The third-order valence-corrected chi connectivity index (χ3v) is 5.22. The van der Waals surface area contributed by atoms with Crippen molar-refractivity contribution in [2.75, 3.05) is 32.8 Å². The zero-order valence-corrected chi connectivity index (χ0v) is 16.4. The molecule has 0 unspecified atom stereocenters. The molecule has 0 aromatic rings. The number of rotatable bonds is 8. The Morgan fingerprint density at radius 2 is 1.65 bits per heavy atom. The van der Waals surface area contributed by atoms with E-state index in [1.165, 1.54) is 0 Å². The van der Waals surface area contributed by atoms with Crippen LogP contribution in [0.2, 0.25) is 0 Å². The van der Waals surface area contributed by atoms with Crippen molar-refractivity contribution in [2.24, 2.45) is 5.41 Å². The van der Waals surface area contributed by atoms with E-state index in [0.717, 1.165) is 12.8 Å². The molecule has 1 aliphatic carbocycles. The van der Waals surface area contributed by atoms with E-state index in [-0.39, 0.29) is 23.9 Å². The molecule has 1 saturated carbocycles. The summed E-state index contributed by atoms with van der Waals surface area (Å²) < 4.78 is 5.02. The van der Waals surface area contributed by atoms with Crippen molar-refractivity contribution in [2.45, 2.75) is 65.3 Å². The quantitative estimate of drug-likeness (QED) is 0.667. The van der Waals surface area contributed by atoms with Gasteiger partial charge in [-0.25, -0.2) is 4.79 Å². The van der Waals surface area contributed by atoms with Crippen LogP contribution in [-0.2, 0) is 14.3 Å². The van der Waals surface area contributed by atoms with Gasteiger partial charge in [-0.15, -0.1) is 0 Å². The molecule has 7 heteroatoms. The molecule has 0 aromatic heterocycles. The molecule has 1 heterocycles. The molecule has 26 heavy (non-hydrogen) atoms. The molecule has 2 aliphatic rings. The second-order valence-corrected chi connectivity index (χ2v) is 7.31. The van der Waals surface area contributed by atoms with Crippen LogP contribution in [0.25, 0.3) is 0 Å².